The van der Waals surface area contributed by atoms with Gasteiger partial charge in [0.1, 0.15) is 5.82 Å². The van der Waals surface area contributed by atoms with Gasteiger partial charge in [-0.3, -0.25) is 9.44 Å². The van der Waals surface area contributed by atoms with Crippen LogP contribution in [0.25, 0.3) is 0 Å². The van der Waals surface area contributed by atoms with Crippen LogP contribution in [0.4, 0.5) is 15.8 Å². The van der Waals surface area contributed by atoms with Crippen molar-refractivity contribution in [3.05, 3.63) is 52.8 Å². The van der Waals surface area contributed by atoms with Crippen molar-refractivity contribution in [2.45, 2.75) is 25.7 Å². The first kappa shape index (κ1) is 19.2. The predicted octanol–water partition coefficient (Wildman–Crippen LogP) is 2.92. The molecular formula is C16H19FN2O4S2. The van der Waals surface area contributed by atoms with Crippen molar-refractivity contribution >= 4 is 31.4 Å². The molecule has 0 amide bonds. The van der Waals surface area contributed by atoms with E-state index >= 15 is 0 Å². The summed E-state index contributed by atoms with van der Waals surface area (Å²) in [6.45, 7) is 4.82. The summed E-state index contributed by atoms with van der Waals surface area (Å²) in [5.74, 6) is -0.572. The Labute approximate surface area is 147 Å². The van der Waals surface area contributed by atoms with Crippen LogP contribution in [0.5, 0.6) is 0 Å². The Kier molecular flexibility index (Phi) is 5.10. The molecule has 2 N–H and O–H groups in total. The summed E-state index contributed by atoms with van der Waals surface area (Å²) in [7, 11) is -7.61. The highest BCUT2D eigenvalue weighted by atomic mass is 32.2. The zero-order valence-electron chi connectivity index (χ0n) is 14.2. The van der Waals surface area contributed by atoms with E-state index < -0.39 is 25.9 Å². The molecule has 0 saturated carbocycles. The third kappa shape index (κ3) is 4.49. The Hall–Kier alpha value is -2.13. The van der Waals surface area contributed by atoms with Crippen LogP contribution in [0.15, 0.2) is 35.2 Å². The quantitative estimate of drug-likeness (QED) is 0.826. The third-order valence-corrected chi connectivity index (χ3v) is 5.78. The summed E-state index contributed by atoms with van der Waals surface area (Å²) in [5, 5.41) is 0. The van der Waals surface area contributed by atoms with Crippen LogP contribution in [0.1, 0.15) is 16.7 Å². The van der Waals surface area contributed by atoms with Gasteiger partial charge in [0.25, 0.3) is 10.0 Å². The summed E-state index contributed by atoms with van der Waals surface area (Å²) >= 11 is 0. The number of aryl methyl sites for hydroxylation is 2. The highest BCUT2D eigenvalue weighted by molar-refractivity contribution is 7.93. The van der Waals surface area contributed by atoms with E-state index in [4.69, 9.17) is 0 Å². The fourth-order valence-electron chi connectivity index (χ4n) is 2.68. The molecule has 2 rings (SSSR count). The van der Waals surface area contributed by atoms with Crippen molar-refractivity contribution in [1.29, 1.82) is 0 Å². The molecule has 25 heavy (non-hydrogen) atoms. The van der Waals surface area contributed by atoms with Gasteiger partial charge in [-0.1, -0.05) is 12.1 Å². The normalized spacial score (nSPS) is 12.0. The minimum absolute atomic E-state index is 0.0477. The predicted molar refractivity (Wildman–Crippen MR) is 96.3 cm³/mol. The van der Waals surface area contributed by atoms with Gasteiger partial charge in [-0.25, -0.2) is 21.2 Å². The first-order chi connectivity index (χ1) is 11.4. The van der Waals surface area contributed by atoms with Gasteiger partial charge in [0, 0.05) is 0 Å². The lowest BCUT2D eigenvalue weighted by molar-refractivity contribution is 0.598. The maximum absolute atomic E-state index is 13.3. The number of halogens is 1. The van der Waals surface area contributed by atoms with Gasteiger partial charge >= 0.3 is 0 Å². The lowest BCUT2D eigenvalue weighted by Crippen LogP contribution is -2.19. The molecule has 0 aliphatic heterocycles. The van der Waals surface area contributed by atoms with Gasteiger partial charge in [-0.15, -0.1) is 0 Å². The molecule has 0 aliphatic carbocycles. The van der Waals surface area contributed by atoms with Crippen molar-refractivity contribution in [1.82, 2.24) is 0 Å². The minimum atomic E-state index is -4.04. The molecule has 0 saturated heterocycles. The summed E-state index contributed by atoms with van der Waals surface area (Å²) in [4.78, 5) is -0.0477. The second-order valence-corrected chi connectivity index (χ2v) is 9.20. The molecular weight excluding hydrogens is 367 g/mol. The molecule has 0 bridgehead atoms. The summed E-state index contributed by atoms with van der Waals surface area (Å²) < 4.78 is 66.6. The van der Waals surface area contributed by atoms with E-state index in [-0.39, 0.29) is 21.8 Å². The standard InChI is InChI=1S/C16H19FN2O4S2/c1-10-8-11(2)16(12(3)15(10)19-24(4,20)21)25(22,23)18-14-7-5-6-13(17)9-14/h5-9,18-19H,1-4H3. The SMILES string of the molecule is Cc1cc(C)c(S(=O)(=O)Nc2cccc(F)c2)c(C)c1NS(C)(=O)=O. The Bertz CT molecular complexity index is 1030. The average molecular weight is 386 g/mol. The van der Waals surface area contributed by atoms with E-state index in [1.165, 1.54) is 25.1 Å². The first-order valence-electron chi connectivity index (χ1n) is 7.27. The number of hydrogen-bond donors (Lipinski definition) is 2. The molecule has 0 spiro atoms. The molecule has 0 aliphatic rings. The van der Waals surface area contributed by atoms with Crippen LogP contribution < -0.4 is 9.44 Å². The second-order valence-electron chi connectivity index (χ2n) is 5.83. The molecule has 136 valence electrons. The van der Waals surface area contributed by atoms with Gasteiger partial charge in [0.05, 0.1) is 22.5 Å². The molecule has 2 aromatic rings. The highest BCUT2D eigenvalue weighted by Crippen LogP contribution is 2.32. The lowest BCUT2D eigenvalue weighted by Gasteiger charge is -2.18. The largest absolute Gasteiger partial charge is 0.283 e. The second kappa shape index (κ2) is 6.64. The smallest absolute Gasteiger partial charge is 0.262 e. The average Bonchev–Trinajstić information content (AvgIpc) is 2.41. The molecule has 6 nitrogen and oxygen atoms in total. The van der Waals surface area contributed by atoms with Gasteiger partial charge in [-0.05, 0) is 55.7 Å². The molecule has 0 fully saturated rings. The zero-order chi connectivity index (χ0) is 19.0. The fraction of sp³-hybridized carbons (Fsp3) is 0.250. The fourth-order valence-corrected chi connectivity index (χ4v) is 4.89. The van der Waals surface area contributed by atoms with Gasteiger partial charge in [-0.2, -0.15) is 0 Å². The van der Waals surface area contributed by atoms with Crippen LogP contribution in [0.2, 0.25) is 0 Å². The molecule has 0 aromatic heterocycles. The maximum atomic E-state index is 13.3. The number of anilines is 2. The molecule has 0 atom stereocenters. The Balaban J connectivity index is 2.59. The van der Waals surface area contributed by atoms with E-state index in [1.807, 2.05) is 0 Å². The van der Waals surface area contributed by atoms with Crippen molar-refractivity contribution in [2.75, 3.05) is 15.7 Å². The lowest BCUT2D eigenvalue weighted by atomic mass is 10.1. The van der Waals surface area contributed by atoms with Crippen molar-refractivity contribution in [3.63, 3.8) is 0 Å². The van der Waals surface area contributed by atoms with Crippen LogP contribution in [-0.4, -0.2) is 23.1 Å². The third-order valence-electron chi connectivity index (χ3n) is 3.53. The summed E-state index contributed by atoms with van der Waals surface area (Å²) in [5.41, 5.74) is 1.62. The van der Waals surface area contributed by atoms with Crippen LogP contribution in [0, 0.1) is 26.6 Å². The van der Waals surface area contributed by atoms with Crippen molar-refractivity contribution < 1.29 is 21.2 Å². The van der Waals surface area contributed by atoms with Crippen LogP contribution in [-0.2, 0) is 20.0 Å². The molecule has 9 heteroatoms. The number of sulfonamides is 2. The van der Waals surface area contributed by atoms with Gasteiger partial charge in [0.15, 0.2) is 0 Å². The van der Waals surface area contributed by atoms with E-state index in [1.54, 1.807) is 19.9 Å². The minimum Gasteiger partial charge on any atom is -0.283 e. The summed E-state index contributed by atoms with van der Waals surface area (Å²) in [6, 6.07) is 6.66. The molecule has 2 aromatic carbocycles. The number of hydrogen-bond acceptors (Lipinski definition) is 4. The molecule has 0 heterocycles. The van der Waals surface area contributed by atoms with Crippen LogP contribution in [0.3, 0.4) is 0 Å². The highest BCUT2D eigenvalue weighted by Gasteiger charge is 2.24. The van der Waals surface area contributed by atoms with E-state index in [2.05, 4.69) is 9.44 Å². The number of rotatable bonds is 5. The van der Waals surface area contributed by atoms with Crippen molar-refractivity contribution in [3.8, 4) is 0 Å². The Morgan fingerprint density at radius 3 is 2.12 bits per heavy atom. The van der Waals surface area contributed by atoms with Crippen LogP contribution >= 0.6 is 0 Å². The maximum Gasteiger partial charge on any atom is 0.262 e. The van der Waals surface area contributed by atoms with Gasteiger partial charge < -0.3 is 0 Å². The van der Waals surface area contributed by atoms with E-state index in [0.717, 1.165) is 12.3 Å². The number of benzene rings is 2. The topological polar surface area (TPSA) is 92.3 Å². The number of nitrogens with one attached hydrogen (secondary N) is 2. The van der Waals surface area contributed by atoms with Crippen molar-refractivity contribution in [2.24, 2.45) is 0 Å². The van der Waals surface area contributed by atoms with Gasteiger partial charge in [0.2, 0.25) is 10.0 Å². The summed E-state index contributed by atoms with van der Waals surface area (Å²) in [6.07, 6.45) is 0.991. The molecule has 0 unspecified atom stereocenters. The first-order valence-corrected chi connectivity index (χ1v) is 10.6. The zero-order valence-corrected chi connectivity index (χ0v) is 15.8. The van der Waals surface area contributed by atoms with E-state index in [9.17, 15) is 21.2 Å². The Morgan fingerprint density at radius 1 is 0.920 bits per heavy atom. The Morgan fingerprint density at radius 2 is 1.56 bits per heavy atom. The molecule has 0 radical (unpaired) electrons. The monoisotopic (exact) mass is 386 g/mol. The van der Waals surface area contributed by atoms with E-state index in [0.29, 0.717) is 11.1 Å².